The molecule has 3 unspecified atom stereocenters. The zero-order chi connectivity index (χ0) is 10.6. The van der Waals surface area contributed by atoms with Crippen molar-refractivity contribution >= 4 is 11.6 Å². The highest BCUT2D eigenvalue weighted by atomic mass is 35.5. The van der Waals surface area contributed by atoms with Crippen molar-refractivity contribution in [2.24, 2.45) is 24.8 Å². The quantitative estimate of drug-likeness (QED) is 0.839. The number of aromatic nitrogens is 2. The minimum Gasteiger partial charge on any atom is -0.386 e. The molecule has 0 amide bonds. The van der Waals surface area contributed by atoms with E-state index < -0.39 is 6.10 Å². The molecule has 0 saturated heterocycles. The van der Waals surface area contributed by atoms with Crippen molar-refractivity contribution in [3.05, 3.63) is 16.9 Å². The van der Waals surface area contributed by atoms with Gasteiger partial charge in [0.2, 0.25) is 0 Å². The van der Waals surface area contributed by atoms with E-state index in [9.17, 15) is 5.11 Å². The lowest BCUT2D eigenvalue weighted by atomic mass is 9.94. The third-order valence-corrected chi connectivity index (χ3v) is 4.24. The van der Waals surface area contributed by atoms with Gasteiger partial charge in [0.05, 0.1) is 23.0 Å². The molecule has 15 heavy (non-hydrogen) atoms. The van der Waals surface area contributed by atoms with Crippen LogP contribution in [0.2, 0.25) is 5.02 Å². The highest BCUT2D eigenvalue weighted by molar-refractivity contribution is 6.31. The van der Waals surface area contributed by atoms with Crippen molar-refractivity contribution in [3.63, 3.8) is 0 Å². The predicted molar refractivity (Wildman–Crippen MR) is 57.5 cm³/mol. The van der Waals surface area contributed by atoms with Gasteiger partial charge in [0.25, 0.3) is 0 Å². The van der Waals surface area contributed by atoms with E-state index in [1.54, 1.807) is 10.9 Å². The molecule has 0 aromatic carbocycles. The van der Waals surface area contributed by atoms with Gasteiger partial charge in [0, 0.05) is 7.05 Å². The van der Waals surface area contributed by atoms with Crippen LogP contribution >= 0.6 is 11.6 Å². The lowest BCUT2D eigenvalue weighted by Crippen LogP contribution is -2.15. The second-order valence-corrected chi connectivity index (χ2v) is 5.34. The summed E-state index contributed by atoms with van der Waals surface area (Å²) in [5, 5.41) is 14.9. The molecule has 3 nitrogen and oxygen atoms in total. The highest BCUT2D eigenvalue weighted by Crippen LogP contribution is 2.57. The number of hydrogen-bond acceptors (Lipinski definition) is 2. The minimum absolute atomic E-state index is 0.390. The highest BCUT2D eigenvalue weighted by Gasteiger charge is 2.48. The van der Waals surface area contributed by atoms with E-state index in [4.69, 9.17) is 11.6 Å². The number of fused-ring (bicyclic) bond motifs is 1. The fourth-order valence-electron chi connectivity index (χ4n) is 3.00. The molecule has 1 aromatic heterocycles. The number of hydrogen-bond donors (Lipinski definition) is 1. The van der Waals surface area contributed by atoms with Crippen LogP contribution in [0.4, 0.5) is 0 Å². The van der Waals surface area contributed by atoms with E-state index >= 15 is 0 Å². The molecule has 1 aromatic rings. The van der Waals surface area contributed by atoms with Gasteiger partial charge in [-0.15, -0.1) is 0 Å². The first kappa shape index (κ1) is 9.67. The van der Waals surface area contributed by atoms with Gasteiger partial charge >= 0.3 is 0 Å². The van der Waals surface area contributed by atoms with Crippen LogP contribution < -0.4 is 0 Å². The molecule has 82 valence electrons. The van der Waals surface area contributed by atoms with Gasteiger partial charge in [-0.3, -0.25) is 4.68 Å². The summed E-state index contributed by atoms with van der Waals surface area (Å²) in [6.45, 7) is 0. The van der Waals surface area contributed by atoms with Crippen molar-refractivity contribution in [1.29, 1.82) is 0 Å². The molecule has 0 radical (unpaired) electrons. The van der Waals surface area contributed by atoms with Crippen molar-refractivity contribution in [2.75, 3.05) is 0 Å². The summed E-state index contributed by atoms with van der Waals surface area (Å²) in [4.78, 5) is 0. The van der Waals surface area contributed by atoms with Crippen LogP contribution in [-0.4, -0.2) is 14.9 Å². The number of rotatable bonds is 2. The van der Waals surface area contributed by atoms with E-state index in [0.717, 1.165) is 30.4 Å². The maximum absolute atomic E-state index is 10.3. The minimum atomic E-state index is -0.433. The first-order valence-electron chi connectivity index (χ1n) is 5.52. The largest absolute Gasteiger partial charge is 0.386 e. The van der Waals surface area contributed by atoms with E-state index in [2.05, 4.69) is 5.10 Å². The van der Waals surface area contributed by atoms with E-state index in [1.165, 1.54) is 6.42 Å². The number of aryl methyl sites for hydroxylation is 1. The van der Waals surface area contributed by atoms with Gasteiger partial charge in [0.15, 0.2) is 0 Å². The lowest BCUT2D eigenvalue weighted by Gasteiger charge is -2.20. The molecule has 4 heteroatoms. The molecule has 3 rings (SSSR count). The Morgan fingerprint density at radius 3 is 2.67 bits per heavy atom. The van der Waals surface area contributed by atoms with Gasteiger partial charge in [-0.25, -0.2) is 0 Å². The Kier molecular flexibility index (Phi) is 2.08. The first-order chi connectivity index (χ1) is 7.16. The van der Waals surface area contributed by atoms with Crippen molar-refractivity contribution in [1.82, 2.24) is 9.78 Å². The van der Waals surface area contributed by atoms with Gasteiger partial charge < -0.3 is 5.11 Å². The third-order valence-electron chi connectivity index (χ3n) is 3.94. The Morgan fingerprint density at radius 1 is 1.47 bits per heavy atom. The molecule has 0 aliphatic heterocycles. The molecule has 1 N–H and O–H groups in total. The van der Waals surface area contributed by atoms with E-state index in [0.29, 0.717) is 10.9 Å². The van der Waals surface area contributed by atoms with Crippen molar-refractivity contribution in [3.8, 4) is 0 Å². The molecular weight excluding hydrogens is 212 g/mol. The Morgan fingerprint density at radius 2 is 2.13 bits per heavy atom. The molecule has 1 heterocycles. The molecule has 0 spiro atoms. The molecule has 2 aliphatic rings. The Hall–Kier alpha value is -0.540. The van der Waals surface area contributed by atoms with Gasteiger partial charge in [-0.05, 0) is 37.0 Å². The fourth-order valence-corrected chi connectivity index (χ4v) is 3.27. The van der Waals surface area contributed by atoms with Crippen LogP contribution in [0.1, 0.15) is 31.1 Å². The molecule has 3 atom stereocenters. The van der Waals surface area contributed by atoms with Crippen LogP contribution in [0.25, 0.3) is 0 Å². The Balaban J connectivity index is 1.81. The van der Waals surface area contributed by atoms with Gasteiger partial charge in [0.1, 0.15) is 0 Å². The maximum atomic E-state index is 10.3. The summed E-state index contributed by atoms with van der Waals surface area (Å²) in [5.74, 6) is 2.16. The van der Waals surface area contributed by atoms with Gasteiger partial charge in [-0.2, -0.15) is 5.10 Å². The zero-order valence-corrected chi connectivity index (χ0v) is 9.48. The molecular formula is C11H15ClN2O. The number of aliphatic hydroxyl groups excluding tert-OH is 1. The second kappa shape index (κ2) is 3.22. The lowest BCUT2D eigenvalue weighted by molar-refractivity contribution is 0.0965. The van der Waals surface area contributed by atoms with Gasteiger partial charge in [-0.1, -0.05) is 11.6 Å². The molecule has 2 fully saturated rings. The summed E-state index contributed by atoms with van der Waals surface area (Å²) in [6, 6.07) is 0. The topological polar surface area (TPSA) is 38.0 Å². The molecule has 2 saturated carbocycles. The van der Waals surface area contributed by atoms with Crippen molar-refractivity contribution in [2.45, 2.75) is 25.4 Å². The van der Waals surface area contributed by atoms with E-state index in [-0.39, 0.29) is 0 Å². The number of aliphatic hydroxyl groups is 1. The van der Waals surface area contributed by atoms with Crippen LogP contribution in [0.3, 0.4) is 0 Å². The fraction of sp³-hybridized carbons (Fsp3) is 0.727. The average molecular weight is 227 g/mol. The number of halogens is 1. The SMILES string of the molecule is Cn1ncc(Cl)c1C(O)C1CC2CC2C1. The summed E-state index contributed by atoms with van der Waals surface area (Å²) in [6.07, 6.45) is 4.87. The van der Waals surface area contributed by atoms with Crippen LogP contribution in [0.15, 0.2) is 6.20 Å². The van der Waals surface area contributed by atoms with E-state index in [1.807, 2.05) is 7.05 Å². The average Bonchev–Trinajstić information content (AvgIpc) is 2.66. The second-order valence-electron chi connectivity index (χ2n) is 4.93. The van der Waals surface area contributed by atoms with Crippen LogP contribution in [0, 0.1) is 17.8 Å². The Bertz CT molecular complexity index is 360. The molecule has 2 aliphatic carbocycles. The summed E-state index contributed by atoms with van der Waals surface area (Å²) < 4.78 is 1.69. The predicted octanol–water partition coefficient (Wildman–Crippen LogP) is 2.15. The number of nitrogens with zero attached hydrogens (tertiary/aromatic N) is 2. The summed E-state index contributed by atoms with van der Waals surface area (Å²) in [5.41, 5.74) is 0.781. The zero-order valence-electron chi connectivity index (χ0n) is 8.73. The third kappa shape index (κ3) is 1.49. The summed E-state index contributed by atoms with van der Waals surface area (Å²) >= 11 is 6.02. The smallest absolute Gasteiger partial charge is 0.0999 e. The maximum Gasteiger partial charge on any atom is 0.0999 e. The summed E-state index contributed by atoms with van der Waals surface area (Å²) in [7, 11) is 1.83. The van der Waals surface area contributed by atoms with Crippen molar-refractivity contribution < 1.29 is 5.11 Å². The van der Waals surface area contributed by atoms with Crippen LogP contribution in [-0.2, 0) is 7.05 Å². The monoisotopic (exact) mass is 226 g/mol. The normalized spacial score (nSPS) is 35.3. The molecule has 0 bridgehead atoms. The Labute approximate surface area is 94.0 Å². The van der Waals surface area contributed by atoms with Crippen LogP contribution in [0.5, 0.6) is 0 Å². The standard InChI is InChI=1S/C11H15ClN2O/c1-14-10(9(12)5-13-14)11(15)8-3-6-2-7(6)4-8/h5-8,11,15H,2-4H2,1H3. The first-order valence-corrected chi connectivity index (χ1v) is 5.90.